The van der Waals surface area contributed by atoms with Gasteiger partial charge in [-0.1, -0.05) is 60.7 Å². The molecule has 2 N–H and O–H groups in total. The Bertz CT molecular complexity index is 676. The molecule has 1 aromatic heterocycles. The minimum atomic E-state index is -0.0234. The number of pyridine rings is 1. The molecule has 2 nitrogen and oxygen atoms in total. The van der Waals surface area contributed by atoms with Crippen molar-refractivity contribution in [3.8, 4) is 11.1 Å². The number of rotatable bonds is 4. The van der Waals surface area contributed by atoms with Gasteiger partial charge in [0.25, 0.3) is 0 Å². The van der Waals surface area contributed by atoms with Crippen LogP contribution in [0.2, 0.25) is 0 Å². The number of nitrogens with two attached hydrogens (primary N) is 1. The van der Waals surface area contributed by atoms with E-state index in [0.717, 1.165) is 17.7 Å². The molecular weight excluding hydrogens is 256 g/mol. The third-order valence-electron chi connectivity index (χ3n) is 3.60. The molecule has 0 fully saturated rings. The van der Waals surface area contributed by atoms with Crippen LogP contribution in [0.1, 0.15) is 17.3 Å². The second-order valence-electron chi connectivity index (χ2n) is 5.12. The molecule has 1 unspecified atom stereocenters. The van der Waals surface area contributed by atoms with Gasteiger partial charge >= 0.3 is 0 Å². The zero-order valence-electron chi connectivity index (χ0n) is 11.8. The van der Waals surface area contributed by atoms with E-state index in [1.165, 1.54) is 11.1 Å². The SMILES string of the molecule is NC(Cc1ccccn1)c1ccc(-c2ccccc2)cc1. The summed E-state index contributed by atoms with van der Waals surface area (Å²) in [5, 5.41) is 0. The van der Waals surface area contributed by atoms with Gasteiger partial charge in [-0.25, -0.2) is 0 Å². The van der Waals surface area contributed by atoms with Crippen LogP contribution in [0.4, 0.5) is 0 Å². The van der Waals surface area contributed by atoms with E-state index in [9.17, 15) is 0 Å². The van der Waals surface area contributed by atoms with Gasteiger partial charge in [0.05, 0.1) is 0 Å². The fourth-order valence-electron chi connectivity index (χ4n) is 2.42. The first-order chi connectivity index (χ1) is 10.3. The van der Waals surface area contributed by atoms with Crippen LogP contribution < -0.4 is 5.73 Å². The van der Waals surface area contributed by atoms with Crippen molar-refractivity contribution in [2.75, 3.05) is 0 Å². The molecule has 0 aliphatic rings. The topological polar surface area (TPSA) is 38.9 Å². The standard InChI is InChI=1S/C19H18N2/c20-19(14-18-8-4-5-13-21-18)17-11-9-16(10-12-17)15-6-2-1-3-7-15/h1-13,19H,14,20H2. The van der Waals surface area contributed by atoms with Crippen molar-refractivity contribution >= 4 is 0 Å². The Morgan fingerprint density at radius 2 is 1.43 bits per heavy atom. The first kappa shape index (κ1) is 13.5. The lowest BCUT2D eigenvalue weighted by molar-refractivity contribution is 0.707. The number of hydrogen-bond acceptors (Lipinski definition) is 2. The average molecular weight is 274 g/mol. The van der Waals surface area contributed by atoms with E-state index in [4.69, 9.17) is 5.73 Å². The highest BCUT2D eigenvalue weighted by atomic mass is 14.7. The summed E-state index contributed by atoms with van der Waals surface area (Å²) in [5.41, 5.74) is 10.9. The molecular formula is C19H18N2. The van der Waals surface area contributed by atoms with E-state index in [1.54, 1.807) is 6.20 Å². The third kappa shape index (κ3) is 3.36. The Morgan fingerprint density at radius 3 is 2.10 bits per heavy atom. The predicted molar refractivity (Wildman–Crippen MR) is 86.7 cm³/mol. The lowest BCUT2D eigenvalue weighted by Crippen LogP contribution is -2.13. The van der Waals surface area contributed by atoms with Crippen LogP contribution in [0.25, 0.3) is 11.1 Å². The summed E-state index contributed by atoms with van der Waals surface area (Å²) in [4.78, 5) is 4.33. The number of aromatic nitrogens is 1. The summed E-state index contributed by atoms with van der Waals surface area (Å²) in [7, 11) is 0. The van der Waals surface area contributed by atoms with Crippen LogP contribution in [0.3, 0.4) is 0 Å². The summed E-state index contributed by atoms with van der Waals surface area (Å²) in [5.74, 6) is 0. The maximum atomic E-state index is 6.28. The van der Waals surface area contributed by atoms with E-state index < -0.39 is 0 Å². The zero-order valence-corrected chi connectivity index (χ0v) is 11.8. The average Bonchev–Trinajstić information content (AvgIpc) is 2.57. The van der Waals surface area contributed by atoms with Gasteiger partial charge in [-0.15, -0.1) is 0 Å². The fourth-order valence-corrected chi connectivity index (χ4v) is 2.42. The summed E-state index contributed by atoms with van der Waals surface area (Å²) >= 11 is 0. The Hall–Kier alpha value is -2.45. The third-order valence-corrected chi connectivity index (χ3v) is 3.60. The molecule has 0 bridgehead atoms. The number of benzene rings is 2. The predicted octanol–water partition coefficient (Wildman–Crippen LogP) is 3.99. The number of nitrogens with zero attached hydrogens (tertiary/aromatic N) is 1. The second-order valence-corrected chi connectivity index (χ2v) is 5.12. The molecule has 1 atom stereocenters. The molecule has 3 rings (SSSR count). The van der Waals surface area contributed by atoms with E-state index in [2.05, 4.69) is 53.5 Å². The molecule has 0 amide bonds. The minimum absolute atomic E-state index is 0.0234. The minimum Gasteiger partial charge on any atom is -0.324 e. The molecule has 3 aromatic rings. The highest BCUT2D eigenvalue weighted by molar-refractivity contribution is 5.63. The molecule has 0 saturated carbocycles. The smallest absolute Gasteiger partial charge is 0.0422 e. The fraction of sp³-hybridized carbons (Fsp3) is 0.105. The summed E-state index contributed by atoms with van der Waals surface area (Å²) < 4.78 is 0. The molecule has 0 spiro atoms. The second kappa shape index (κ2) is 6.33. The van der Waals surface area contributed by atoms with E-state index in [-0.39, 0.29) is 6.04 Å². The van der Waals surface area contributed by atoms with Gasteiger partial charge in [0.15, 0.2) is 0 Å². The van der Waals surface area contributed by atoms with E-state index >= 15 is 0 Å². The summed E-state index contributed by atoms with van der Waals surface area (Å²) in [6.45, 7) is 0. The molecule has 2 aromatic carbocycles. The van der Waals surface area contributed by atoms with Gasteiger partial charge < -0.3 is 5.73 Å². The summed E-state index contributed by atoms with van der Waals surface area (Å²) in [6.07, 6.45) is 2.56. The molecule has 104 valence electrons. The molecule has 0 radical (unpaired) electrons. The maximum absolute atomic E-state index is 6.28. The summed E-state index contributed by atoms with van der Waals surface area (Å²) in [6, 6.07) is 24.7. The first-order valence-corrected chi connectivity index (χ1v) is 7.14. The van der Waals surface area contributed by atoms with Gasteiger partial charge in [0, 0.05) is 24.4 Å². The van der Waals surface area contributed by atoms with Crippen molar-refractivity contribution in [1.82, 2.24) is 4.98 Å². The van der Waals surface area contributed by atoms with Gasteiger partial charge in [-0.2, -0.15) is 0 Å². The molecule has 1 heterocycles. The molecule has 2 heteroatoms. The van der Waals surface area contributed by atoms with Crippen molar-refractivity contribution < 1.29 is 0 Å². The van der Waals surface area contributed by atoms with Crippen LogP contribution in [0, 0.1) is 0 Å². The van der Waals surface area contributed by atoms with E-state index in [0.29, 0.717) is 0 Å². The van der Waals surface area contributed by atoms with Gasteiger partial charge in [0.2, 0.25) is 0 Å². The molecule has 0 aliphatic heterocycles. The van der Waals surface area contributed by atoms with Crippen LogP contribution in [-0.4, -0.2) is 4.98 Å². The Kier molecular flexibility index (Phi) is 4.08. The number of hydrogen-bond donors (Lipinski definition) is 1. The maximum Gasteiger partial charge on any atom is 0.0422 e. The van der Waals surface area contributed by atoms with Gasteiger partial charge in [0.1, 0.15) is 0 Å². The van der Waals surface area contributed by atoms with Gasteiger partial charge in [-0.05, 0) is 28.8 Å². The highest BCUT2D eigenvalue weighted by Gasteiger charge is 2.08. The first-order valence-electron chi connectivity index (χ1n) is 7.14. The van der Waals surface area contributed by atoms with Crippen LogP contribution in [-0.2, 0) is 6.42 Å². The lowest BCUT2D eigenvalue weighted by Gasteiger charge is -2.12. The van der Waals surface area contributed by atoms with Crippen LogP contribution in [0.5, 0.6) is 0 Å². The Labute approximate surface area is 125 Å². The van der Waals surface area contributed by atoms with Crippen molar-refractivity contribution in [2.24, 2.45) is 5.73 Å². The van der Waals surface area contributed by atoms with Crippen LogP contribution >= 0.6 is 0 Å². The van der Waals surface area contributed by atoms with Crippen LogP contribution in [0.15, 0.2) is 79.0 Å². The van der Waals surface area contributed by atoms with Gasteiger partial charge in [-0.3, -0.25) is 4.98 Å². The van der Waals surface area contributed by atoms with Crippen molar-refractivity contribution in [3.05, 3.63) is 90.3 Å². The van der Waals surface area contributed by atoms with Crippen molar-refractivity contribution in [2.45, 2.75) is 12.5 Å². The monoisotopic (exact) mass is 274 g/mol. The molecule has 0 aliphatic carbocycles. The van der Waals surface area contributed by atoms with Crippen molar-refractivity contribution in [3.63, 3.8) is 0 Å². The largest absolute Gasteiger partial charge is 0.324 e. The Morgan fingerprint density at radius 1 is 0.762 bits per heavy atom. The zero-order chi connectivity index (χ0) is 14.5. The van der Waals surface area contributed by atoms with Crippen molar-refractivity contribution in [1.29, 1.82) is 0 Å². The highest BCUT2D eigenvalue weighted by Crippen LogP contribution is 2.22. The Balaban J connectivity index is 1.75. The quantitative estimate of drug-likeness (QED) is 0.781. The van der Waals surface area contributed by atoms with E-state index in [1.807, 2.05) is 24.3 Å². The molecule has 21 heavy (non-hydrogen) atoms. The normalized spacial score (nSPS) is 12.0. The lowest BCUT2D eigenvalue weighted by atomic mass is 9.99. The molecule has 0 saturated heterocycles.